The molecule has 0 spiro atoms. The van der Waals surface area contributed by atoms with Crippen molar-refractivity contribution in [3.8, 4) is 32.9 Å². The van der Waals surface area contributed by atoms with Gasteiger partial charge in [-0.25, -0.2) is 0 Å². The zero-order valence-corrected chi connectivity index (χ0v) is 26.5. The first-order valence-corrected chi connectivity index (χ1v) is 16.8. The number of hydrogen-bond acceptors (Lipinski definition) is 1. The van der Waals surface area contributed by atoms with Crippen LogP contribution in [0, 0.1) is 0 Å². The Bertz CT molecular complexity index is 2660. The van der Waals surface area contributed by atoms with Gasteiger partial charge in [0.05, 0.1) is 26.8 Å². The van der Waals surface area contributed by atoms with Gasteiger partial charge in [0, 0.05) is 37.8 Å². The van der Waals surface area contributed by atoms with Crippen molar-refractivity contribution < 1.29 is 0 Å². The highest BCUT2D eigenvalue weighted by Gasteiger charge is 2.35. The van der Waals surface area contributed by atoms with Gasteiger partial charge in [0.1, 0.15) is 0 Å². The maximum Gasteiger partial charge on any atom is 0.0655 e. The summed E-state index contributed by atoms with van der Waals surface area (Å²) in [4.78, 5) is 1.29. The molecule has 0 saturated carbocycles. The second kappa shape index (κ2) is 9.32. The fraction of sp³-hybridized carbons (Fsp3) is 0.0698. The molecule has 0 saturated heterocycles. The number of thiophene rings is 1. The van der Waals surface area contributed by atoms with E-state index < -0.39 is 0 Å². The molecule has 0 radical (unpaired) electrons. The van der Waals surface area contributed by atoms with Crippen molar-refractivity contribution in [3.63, 3.8) is 0 Å². The van der Waals surface area contributed by atoms with E-state index in [0.717, 1.165) is 0 Å². The molecule has 1 aliphatic rings. The number of aromatic nitrogens is 2. The Morgan fingerprint density at radius 2 is 1.11 bits per heavy atom. The van der Waals surface area contributed by atoms with E-state index in [1.165, 1.54) is 87.0 Å². The van der Waals surface area contributed by atoms with Crippen LogP contribution in [0.1, 0.15) is 25.0 Å². The first-order valence-electron chi connectivity index (χ1n) is 15.9. The van der Waals surface area contributed by atoms with E-state index in [1.54, 1.807) is 0 Å². The summed E-state index contributed by atoms with van der Waals surface area (Å²) >= 11 is 1.90. The molecule has 0 amide bonds. The molecule has 2 nitrogen and oxygen atoms in total. The average molecular weight is 607 g/mol. The van der Waals surface area contributed by atoms with Crippen molar-refractivity contribution in [1.29, 1.82) is 0 Å². The van der Waals surface area contributed by atoms with Crippen LogP contribution in [0.3, 0.4) is 0 Å². The van der Waals surface area contributed by atoms with E-state index in [0.29, 0.717) is 0 Å². The first kappa shape index (κ1) is 25.9. The zero-order valence-electron chi connectivity index (χ0n) is 25.7. The van der Waals surface area contributed by atoms with E-state index in [-0.39, 0.29) is 5.41 Å². The highest BCUT2D eigenvalue weighted by Crippen LogP contribution is 2.50. The van der Waals surface area contributed by atoms with Crippen molar-refractivity contribution in [3.05, 3.63) is 157 Å². The Morgan fingerprint density at radius 3 is 1.96 bits per heavy atom. The Kier molecular flexibility index (Phi) is 5.25. The van der Waals surface area contributed by atoms with E-state index in [4.69, 9.17) is 0 Å². The fourth-order valence-corrected chi connectivity index (χ4v) is 9.14. The topological polar surface area (TPSA) is 9.86 Å². The molecule has 3 heterocycles. The molecular weight excluding hydrogens is 577 g/mol. The molecule has 3 heteroatoms. The van der Waals surface area contributed by atoms with Crippen LogP contribution in [-0.4, -0.2) is 9.13 Å². The third-order valence-electron chi connectivity index (χ3n) is 10.1. The van der Waals surface area contributed by atoms with E-state index >= 15 is 0 Å². The molecule has 0 fully saturated rings. The van der Waals surface area contributed by atoms with Crippen molar-refractivity contribution in [2.45, 2.75) is 19.3 Å². The molecule has 46 heavy (non-hydrogen) atoms. The number of para-hydroxylation sites is 3. The Balaban J connectivity index is 1.17. The normalized spacial score (nSPS) is 13.6. The van der Waals surface area contributed by atoms with Crippen molar-refractivity contribution in [2.75, 3.05) is 0 Å². The average Bonchev–Trinajstić information content (AvgIpc) is 3.82. The molecule has 10 rings (SSSR count). The number of benzene rings is 6. The minimum Gasteiger partial charge on any atom is -0.309 e. The molecule has 1 aliphatic carbocycles. The largest absolute Gasteiger partial charge is 0.309 e. The van der Waals surface area contributed by atoms with Gasteiger partial charge in [-0.3, -0.25) is 0 Å². The Morgan fingerprint density at radius 1 is 0.457 bits per heavy atom. The quantitative estimate of drug-likeness (QED) is 0.189. The molecule has 0 unspecified atom stereocenters. The van der Waals surface area contributed by atoms with Gasteiger partial charge in [-0.05, 0) is 82.4 Å². The molecule has 0 bridgehead atoms. The van der Waals surface area contributed by atoms with Crippen molar-refractivity contribution in [1.82, 2.24) is 9.13 Å². The van der Waals surface area contributed by atoms with E-state index in [1.807, 2.05) is 11.3 Å². The lowest BCUT2D eigenvalue weighted by Gasteiger charge is -2.22. The second-order valence-corrected chi connectivity index (χ2v) is 14.1. The van der Waals surface area contributed by atoms with Gasteiger partial charge in [-0.1, -0.05) is 105 Å². The second-order valence-electron chi connectivity index (χ2n) is 13.0. The predicted molar refractivity (Wildman–Crippen MR) is 196 cm³/mol. The lowest BCUT2D eigenvalue weighted by atomic mass is 9.82. The number of fused-ring (bicyclic) bond motifs is 9. The summed E-state index contributed by atoms with van der Waals surface area (Å²) in [7, 11) is 0. The van der Waals surface area contributed by atoms with Crippen LogP contribution in [0.5, 0.6) is 0 Å². The summed E-state index contributed by atoms with van der Waals surface area (Å²) in [6, 6.07) is 53.7. The lowest BCUT2D eigenvalue weighted by molar-refractivity contribution is 0.660. The molecule has 9 aromatic rings. The standard InChI is InChI=1S/C43H30N2S/c1-43(2)35-17-9-6-14-30(35)31-22-21-29(25-36(31)43)45-38-19-11-8-16-33(38)42-40(45)26-41(46-42)27-20-23-39-34(24-27)32-15-7-10-18-37(32)44(39)28-12-4-3-5-13-28/h3-26H,1-2H3. The van der Waals surface area contributed by atoms with E-state index in [2.05, 4.69) is 169 Å². The van der Waals surface area contributed by atoms with Crippen LogP contribution in [0.15, 0.2) is 146 Å². The SMILES string of the molecule is CC1(C)c2ccccc2-c2ccc(-n3c4ccccc4c4sc(-c5ccc6c(c5)c5ccccc5n6-c5ccccc5)cc43)cc21. The minimum atomic E-state index is -0.0435. The third-order valence-corrected chi connectivity index (χ3v) is 11.3. The number of nitrogens with zero attached hydrogens (tertiary/aromatic N) is 2. The maximum absolute atomic E-state index is 2.48. The number of hydrogen-bond donors (Lipinski definition) is 0. The maximum atomic E-state index is 2.48. The van der Waals surface area contributed by atoms with E-state index in [9.17, 15) is 0 Å². The molecule has 218 valence electrons. The highest BCUT2D eigenvalue weighted by atomic mass is 32.1. The van der Waals surface area contributed by atoms with Crippen molar-refractivity contribution >= 4 is 54.3 Å². The van der Waals surface area contributed by atoms with Crippen LogP contribution < -0.4 is 0 Å². The Hall–Kier alpha value is -5.38. The Labute approximate surface area is 271 Å². The molecule has 0 atom stereocenters. The summed E-state index contributed by atoms with van der Waals surface area (Å²) in [5.74, 6) is 0. The minimum absolute atomic E-state index is 0.0435. The summed E-state index contributed by atoms with van der Waals surface area (Å²) in [5.41, 5.74) is 14.1. The molecular formula is C43H30N2S. The summed E-state index contributed by atoms with van der Waals surface area (Å²) in [6.07, 6.45) is 0. The lowest BCUT2D eigenvalue weighted by Crippen LogP contribution is -2.15. The molecule has 0 aliphatic heterocycles. The molecule has 0 N–H and O–H groups in total. The summed E-state index contributed by atoms with van der Waals surface area (Å²) in [5, 5.41) is 3.86. The van der Waals surface area contributed by atoms with Crippen LogP contribution >= 0.6 is 11.3 Å². The summed E-state index contributed by atoms with van der Waals surface area (Å²) < 4.78 is 6.19. The fourth-order valence-electron chi connectivity index (χ4n) is 7.96. The van der Waals surface area contributed by atoms with Gasteiger partial charge in [-0.15, -0.1) is 11.3 Å². The first-order chi connectivity index (χ1) is 22.6. The van der Waals surface area contributed by atoms with Gasteiger partial charge in [-0.2, -0.15) is 0 Å². The van der Waals surface area contributed by atoms with Crippen LogP contribution in [0.2, 0.25) is 0 Å². The van der Waals surface area contributed by atoms with Gasteiger partial charge < -0.3 is 9.13 Å². The van der Waals surface area contributed by atoms with Crippen LogP contribution in [-0.2, 0) is 5.41 Å². The third kappa shape index (κ3) is 3.46. The highest BCUT2D eigenvalue weighted by molar-refractivity contribution is 7.23. The monoisotopic (exact) mass is 606 g/mol. The predicted octanol–water partition coefficient (Wildman–Crippen LogP) is 11.9. The van der Waals surface area contributed by atoms with Crippen LogP contribution in [0.25, 0.3) is 75.9 Å². The van der Waals surface area contributed by atoms with Gasteiger partial charge >= 0.3 is 0 Å². The molecule has 6 aromatic carbocycles. The van der Waals surface area contributed by atoms with Crippen LogP contribution in [0.4, 0.5) is 0 Å². The summed E-state index contributed by atoms with van der Waals surface area (Å²) in [6.45, 7) is 4.72. The smallest absolute Gasteiger partial charge is 0.0655 e. The molecule has 3 aromatic heterocycles. The van der Waals surface area contributed by atoms with Gasteiger partial charge in [0.25, 0.3) is 0 Å². The number of rotatable bonds is 3. The van der Waals surface area contributed by atoms with Gasteiger partial charge in [0.15, 0.2) is 0 Å². The zero-order chi connectivity index (χ0) is 30.6. The van der Waals surface area contributed by atoms with Crippen molar-refractivity contribution in [2.24, 2.45) is 0 Å². The van der Waals surface area contributed by atoms with Gasteiger partial charge in [0.2, 0.25) is 0 Å².